The van der Waals surface area contributed by atoms with Crippen LogP contribution in [0.5, 0.6) is 0 Å². The van der Waals surface area contributed by atoms with Gasteiger partial charge in [0.1, 0.15) is 0 Å². The van der Waals surface area contributed by atoms with E-state index in [1.165, 1.54) is 28.1 Å². The molecule has 0 radical (unpaired) electrons. The molecular weight excluding hydrogens is 368 g/mol. The number of aromatic nitrogens is 2. The first-order valence-corrected chi connectivity index (χ1v) is 11.4. The summed E-state index contributed by atoms with van der Waals surface area (Å²) < 4.78 is 0. The van der Waals surface area contributed by atoms with E-state index < -0.39 is 0 Å². The zero-order chi connectivity index (χ0) is 21.3. The van der Waals surface area contributed by atoms with Crippen LogP contribution in [0.4, 0.5) is 11.6 Å². The van der Waals surface area contributed by atoms with E-state index in [1.807, 2.05) is 0 Å². The molecule has 1 atom stereocenters. The predicted molar refractivity (Wildman–Crippen MR) is 126 cm³/mol. The van der Waals surface area contributed by atoms with Crippen molar-refractivity contribution in [2.75, 3.05) is 10.2 Å². The quantitative estimate of drug-likeness (QED) is 0.572. The average molecular weight is 403 g/mol. The third-order valence-corrected chi connectivity index (χ3v) is 7.24. The number of nitrogens with one attached hydrogen (secondary N) is 1. The minimum absolute atomic E-state index is 0.0715. The molecule has 0 saturated carbocycles. The Morgan fingerprint density at radius 2 is 1.80 bits per heavy atom. The zero-order valence-electron chi connectivity index (χ0n) is 18.8. The fraction of sp³-hybridized carbons (Fsp3) is 0.462. The van der Waals surface area contributed by atoms with Crippen LogP contribution in [0, 0.1) is 5.41 Å². The highest BCUT2D eigenvalue weighted by atomic mass is 15.3. The molecule has 0 bridgehead atoms. The molecule has 4 rings (SSSR count). The van der Waals surface area contributed by atoms with E-state index in [1.54, 1.807) is 12.4 Å². The highest BCUT2D eigenvalue weighted by Gasteiger charge is 2.41. The fourth-order valence-electron chi connectivity index (χ4n) is 5.42. The summed E-state index contributed by atoms with van der Waals surface area (Å²) in [6, 6.07) is 0.112. The van der Waals surface area contributed by atoms with Crippen molar-refractivity contribution in [3.63, 3.8) is 0 Å². The van der Waals surface area contributed by atoms with Gasteiger partial charge in [-0.15, -0.1) is 0 Å². The van der Waals surface area contributed by atoms with Crippen LogP contribution in [0.1, 0.15) is 66.2 Å². The molecule has 2 heterocycles. The Hall–Kier alpha value is -2.62. The van der Waals surface area contributed by atoms with Gasteiger partial charge in [0.15, 0.2) is 11.6 Å². The molecule has 0 saturated heterocycles. The molecule has 3 aliphatic rings. The van der Waals surface area contributed by atoms with Gasteiger partial charge in [-0.2, -0.15) is 0 Å². The number of hydrogen-bond acceptors (Lipinski definition) is 4. The maximum absolute atomic E-state index is 4.84. The van der Waals surface area contributed by atoms with E-state index in [4.69, 9.17) is 16.5 Å². The molecule has 1 N–H and O–H groups in total. The van der Waals surface area contributed by atoms with Gasteiger partial charge in [0, 0.05) is 29.2 Å². The first-order chi connectivity index (χ1) is 14.5. The van der Waals surface area contributed by atoms with Gasteiger partial charge in [0.05, 0.1) is 6.04 Å². The fourth-order valence-corrected chi connectivity index (χ4v) is 5.42. The van der Waals surface area contributed by atoms with Crippen molar-refractivity contribution in [3.05, 3.63) is 71.4 Å². The Morgan fingerprint density at radius 1 is 1.10 bits per heavy atom. The second-order valence-electron chi connectivity index (χ2n) is 8.62. The number of anilines is 2. The van der Waals surface area contributed by atoms with Crippen LogP contribution in [0.2, 0.25) is 0 Å². The van der Waals surface area contributed by atoms with Gasteiger partial charge in [0.2, 0.25) is 0 Å². The van der Waals surface area contributed by atoms with Gasteiger partial charge < -0.3 is 10.2 Å². The van der Waals surface area contributed by atoms with Gasteiger partial charge in [-0.1, -0.05) is 44.7 Å². The number of hydrogen-bond donors (Lipinski definition) is 1. The van der Waals surface area contributed by atoms with Crippen molar-refractivity contribution in [3.8, 4) is 0 Å². The molecule has 4 nitrogen and oxygen atoms in total. The van der Waals surface area contributed by atoms with Gasteiger partial charge in [-0.3, -0.25) is 0 Å². The minimum Gasteiger partial charge on any atom is -0.340 e. The molecule has 0 fully saturated rings. The summed E-state index contributed by atoms with van der Waals surface area (Å²) >= 11 is 0. The van der Waals surface area contributed by atoms with Crippen LogP contribution < -0.4 is 10.2 Å². The van der Waals surface area contributed by atoms with E-state index >= 15 is 0 Å². The Bertz CT molecular complexity index is 959. The maximum Gasteiger partial charge on any atom is 0.176 e. The van der Waals surface area contributed by atoms with Crippen LogP contribution in [0.3, 0.4) is 0 Å². The lowest BCUT2D eigenvalue weighted by atomic mass is 9.66. The lowest BCUT2D eigenvalue weighted by molar-refractivity contribution is 0.379. The summed E-state index contributed by atoms with van der Waals surface area (Å²) in [5, 5.41) is 3.72. The van der Waals surface area contributed by atoms with Crippen molar-refractivity contribution in [1.82, 2.24) is 9.97 Å². The third-order valence-electron chi connectivity index (χ3n) is 7.24. The summed E-state index contributed by atoms with van der Waals surface area (Å²) in [5.74, 6) is 1.75. The molecule has 0 aromatic carbocycles. The Labute approximate surface area is 181 Å². The molecule has 158 valence electrons. The second-order valence-corrected chi connectivity index (χ2v) is 8.62. The number of allylic oxidation sites excluding steroid dienone is 8. The molecular formula is C26H34N4. The van der Waals surface area contributed by atoms with Crippen molar-refractivity contribution < 1.29 is 0 Å². The summed E-state index contributed by atoms with van der Waals surface area (Å²) in [6.45, 7) is 13.8. The Morgan fingerprint density at radius 3 is 2.53 bits per heavy atom. The van der Waals surface area contributed by atoms with E-state index in [0.29, 0.717) is 0 Å². The summed E-state index contributed by atoms with van der Waals surface area (Å²) in [5.41, 5.74) is 6.47. The minimum atomic E-state index is -0.0715. The number of rotatable bonds is 3. The van der Waals surface area contributed by atoms with Crippen molar-refractivity contribution in [2.24, 2.45) is 5.41 Å². The third kappa shape index (κ3) is 3.23. The molecule has 4 heteroatoms. The lowest BCUT2D eigenvalue weighted by Crippen LogP contribution is -2.41. The van der Waals surface area contributed by atoms with Gasteiger partial charge >= 0.3 is 0 Å². The van der Waals surface area contributed by atoms with E-state index in [-0.39, 0.29) is 11.5 Å². The van der Waals surface area contributed by atoms with Gasteiger partial charge in [-0.05, 0) is 69.1 Å². The number of fused-ring (bicyclic) bond motifs is 1. The zero-order valence-corrected chi connectivity index (χ0v) is 18.8. The van der Waals surface area contributed by atoms with E-state index in [0.717, 1.165) is 50.2 Å². The van der Waals surface area contributed by atoms with Crippen LogP contribution >= 0.6 is 0 Å². The summed E-state index contributed by atoms with van der Waals surface area (Å²) in [7, 11) is 0. The van der Waals surface area contributed by atoms with Crippen LogP contribution in [-0.4, -0.2) is 16.0 Å². The molecule has 1 aromatic rings. The molecule has 0 amide bonds. The van der Waals surface area contributed by atoms with Gasteiger partial charge in [0.25, 0.3) is 0 Å². The standard InChI is InChI=1S/C26H34N4/c1-6-26(7-2)19(4)20(5)30(23-15-11-8-12-18(23)3)25-24(27-16-17-28-25)29-22-14-10-9-13-21(22)26/h8-9,12-13,16-17,20H,4,6-7,10-11,14-15H2,1-3,5H3,(H,27,29). The van der Waals surface area contributed by atoms with Crippen LogP contribution in [-0.2, 0) is 0 Å². The second kappa shape index (κ2) is 8.25. The van der Waals surface area contributed by atoms with E-state index in [9.17, 15) is 0 Å². The first kappa shape index (κ1) is 20.6. The number of nitrogens with zero attached hydrogens (tertiary/aromatic N) is 3. The first-order valence-electron chi connectivity index (χ1n) is 11.4. The molecule has 0 spiro atoms. The van der Waals surface area contributed by atoms with E-state index in [2.05, 4.69) is 62.2 Å². The average Bonchev–Trinajstić information content (AvgIpc) is 2.80. The predicted octanol–water partition coefficient (Wildman–Crippen LogP) is 6.69. The van der Waals surface area contributed by atoms with Crippen molar-refractivity contribution >= 4 is 11.6 Å². The largest absolute Gasteiger partial charge is 0.340 e. The topological polar surface area (TPSA) is 41.1 Å². The smallest absolute Gasteiger partial charge is 0.176 e. The Balaban J connectivity index is 1.98. The lowest BCUT2D eigenvalue weighted by Gasteiger charge is -2.43. The summed E-state index contributed by atoms with van der Waals surface area (Å²) in [6.07, 6.45) is 18.9. The highest BCUT2D eigenvalue weighted by Crippen LogP contribution is 2.50. The molecule has 2 aliphatic carbocycles. The van der Waals surface area contributed by atoms with Crippen LogP contribution in [0.25, 0.3) is 0 Å². The summed E-state index contributed by atoms with van der Waals surface area (Å²) in [4.78, 5) is 12.0. The molecule has 1 aliphatic heterocycles. The van der Waals surface area contributed by atoms with Crippen molar-refractivity contribution in [1.29, 1.82) is 0 Å². The van der Waals surface area contributed by atoms with Gasteiger partial charge in [-0.25, -0.2) is 9.97 Å². The molecule has 30 heavy (non-hydrogen) atoms. The maximum atomic E-state index is 4.84. The monoisotopic (exact) mass is 402 g/mol. The van der Waals surface area contributed by atoms with Crippen LogP contribution in [0.15, 0.2) is 71.4 Å². The molecule has 1 unspecified atom stereocenters. The van der Waals surface area contributed by atoms with Crippen molar-refractivity contribution in [2.45, 2.75) is 72.3 Å². The highest BCUT2D eigenvalue weighted by molar-refractivity contribution is 5.70. The molecule has 1 aromatic heterocycles. The Kier molecular flexibility index (Phi) is 5.68. The normalized spacial score (nSPS) is 23.4. The SMILES string of the molecule is C=C1C(C)N(C2=C(C)C=CCC2)c2nccnc2NC2=C(C=CCC2)C1(CC)CC.